The molecule has 4 heterocycles. The lowest BCUT2D eigenvalue weighted by molar-refractivity contribution is -0.155. The van der Waals surface area contributed by atoms with E-state index in [1.165, 1.54) is 0 Å². The van der Waals surface area contributed by atoms with E-state index in [1.54, 1.807) is 21.6 Å². The fraction of sp³-hybridized carbons (Fsp3) is 0.594. The SMILES string of the molecule is CC[C@H](C)[C@H](CO)N1C(=O)[C@@H]2[C@H]3C(=O)OCCCC/C=C\[C@@]3(C)S[C@@]23C=CCN(c2cc(C)ccc2C)C(=O)C13. The average molecular weight is 567 g/mol. The van der Waals surface area contributed by atoms with E-state index in [2.05, 4.69) is 12.2 Å². The monoisotopic (exact) mass is 566 g/mol. The molecule has 0 saturated carbocycles. The third kappa shape index (κ3) is 4.51. The van der Waals surface area contributed by atoms with Crippen molar-refractivity contribution >= 4 is 35.2 Å². The summed E-state index contributed by atoms with van der Waals surface area (Å²) in [6, 6.07) is 4.64. The van der Waals surface area contributed by atoms with Crippen molar-refractivity contribution < 1.29 is 24.2 Å². The van der Waals surface area contributed by atoms with Crippen LogP contribution in [0.25, 0.3) is 0 Å². The maximum Gasteiger partial charge on any atom is 0.311 e. The number of rotatable bonds is 5. The van der Waals surface area contributed by atoms with Gasteiger partial charge in [0, 0.05) is 17.0 Å². The van der Waals surface area contributed by atoms with Crippen LogP contribution in [0.1, 0.15) is 57.6 Å². The molecule has 1 aromatic carbocycles. The molecule has 5 rings (SSSR count). The third-order valence-electron chi connectivity index (χ3n) is 9.44. The molecule has 7 nitrogen and oxygen atoms in total. The number of carbonyl (C=O) groups is 3. The number of cyclic esters (lactones) is 1. The molecule has 0 radical (unpaired) electrons. The van der Waals surface area contributed by atoms with Crippen LogP contribution in [0, 0.1) is 31.6 Å². The van der Waals surface area contributed by atoms with Gasteiger partial charge in [-0.1, -0.05) is 56.7 Å². The molecule has 2 saturated heterocycles. The van der Waals surface area contributed by atoms with Gasteiger partial charge in [-0.2, -0.15) is 0 Å². The summed E-state index contributed by atoms with van der Waals surface area (Å²) in [5.41, 5.74) is 2.84. The number of aliphatic hydroxyl groups is 1. The highest BCUT2D eigenvalue weighted by atomic mass is 32.2. The van der Waals surface area contributed by atoms with E-state index in [0.717, 1.165) is 42.5 Å². The molecule has 0 bridgehead atoms. The minimum Gasteiger partial charge on any atom is -0.465 e. The molecule has 4 aliphatic heterocycles. The molecule has 4 aliphatic rings. The smallest absolute Gasteiger partial charge is 0.311 e. The second kappa shape index (κ2) is 11.0. The first-order valence-electron chi connectivity index (χ1n) is 14.6. The molecule has 2 amide bonds. The van der Waals surface area contributed by atoms with Crippen molar-refractivity contribution in [3.05, 3.63) is 53.6 Å². The number of benzene rings is 1. The quantitative estimate of drug-likeness (QED) is 0.415. The molecular weight excluding hydrogens is 524 g/mol. The molecule has 1 aromatic rings. The molecule has 1 N–H and O–H groups in total. The largest absolute Gasteiger partial charge is 0.465 e. The Kier molecular flexibility index (Phi) is 7.96. The summed E-state index contributed by atoms with van der Waals surface area (Å²) in [5.74, 6) is -2.35. The molecule has 2 fully saturated rings. The number of carbonyl (C=O) groups excluding carboxylic acids is 3. The van der Waals surface area contributed by atoms with Crippen LogP contribution in [0.4, 0.5) is 5.69 Å². The topological polar surface area (TPSA) is 87.2 Å². The Hall–Kier alpha value is -2.58. The van der Waals surface area contributed by atoms with Gasteiger partial charge in [-0.05, 0) is 63.1 Å². The van der Waals surface area contributed by atoms with Gasteiger partial charge in [0.2, 0.25) is 5.91 Å². The molecule has 1 spiro atoms. The van der Waals surface area contributed by atoms with Gasteiger partial charge in [0.25, 0.3) is 5.91 Å². The maximum absolute atomic E-state index is 14.8. The van der Waals surface area contributed by atoms with Crippen molar-refractivity contribution in [1.29, 1.82) is 0 Å². The number of aliphatic hydroxyl groups excluding tert-OH is 1. The highest BCUT2D eigenvalue weighted by Gasteiger charge is 2.74. The van der Waals surface area contributed by atoms with Crippen LogP contribution in [0.3, 0.4) is 0 Å². The molecule has 0 aliphatic carbocycles. The number of amides is 2. The Morgan fingerprint density at radius 1 is 1.10 bits per heavy atom. The standard InChI is InChI=1S/C32H42N2O5S/c1-6-21(3)24(19-35)34-27-29(37)33(23-18-20(2)12-13-22(23)4)16-11-15-32(27)25(28(34)36)26-30(38)39-17-10-8-7-9-14-31(26,5)40-32/h9,11-15,18,21,24-27,35H,6-8,10,16-17,19H2,1-5H3/b14-9-/t21-,24-,25-,26-,27?,31+,32-/m0/s1. The first kappa shape index (κ1) is 28.9. The Balaban J connectivity index is 1.70. The first-order chi connectivity index (χ1) is 19.1. The van der Waals surface area contributed by atoms with Gasteiger partial charge in [-0.15, -0.1) is 11.8 Å². The summed E-state index contributed by atoms with van der Waals surface area (Å²) in [5, 5.41) is 10.6. The number of hydrogen-bond donors (Lipinski definition) is 1. The zero-order valence-electron chi connectivity index (χ0n) is 24.3. The molecule has 1 unspecified atom stereocenters. The summed E-state index contributed by atoms with van der Waals surface area (Å²) in [6.45, 7) is 10.5. The molecule has 8 heteroatoms. The Bertz CT molecular complexity index is 1250. The minimum absolute atomic E-state index is 0.0358. The first-order valence-corrected chi connectivity index (χ1v) is 15.4. The summed E-state index contributed by atoms with van der Waals surface area (Å²) in [4.78, 5) is 46.6. The summed E-state index contributed by atoms with van der Waals surface area (Å²) in [6.07, 6.45) is 11.5. The number of likely N-dealkylation sites (tertiary alicyclic amines) is 1. The van der Waals surface area contributed by atoms with Gasteiger partial charge in [0.05, 0.1) is 35.8 Å². The van der Waals surface area contributed by atoms with Crippen LogP contribution in [-0.2, 0) is 19.1 Å². The second-order valence-electron chi connectivity index (χ2n) is 12.1. The lowest BCUT2D eigenvalue weighted by atomic mass is 9.74. The lowest BCUT2D eigenvalue weighted by Crippen LogP contribution is -2.58. The van der Waals surface area contributed by atoms with Gasteiger partial charge in [0.15, 0.2) is 0 Å². The lowest BCUT2D eigenvalue weighted by Gasteiger charge is -2.41. The second-order valence-corrected chi connectivity index (χ2v) is 13.9. The van der Waals surface area contributed by atoms with Crippen molar-refractivity contribution in [2.24, 2.45) is 17.8 Å². The van der Waals surface area contributed by atoms with E-state index in [-0.39, 0.29) is 30.3 Å². The number of hydrogen-bond acceptors (Lipinski definition) is 6. The fourth-order valence-electron chi connectivity index (χ4n) is 7.13. The van der Waals surface area contributed by atoms with E-state index < -0.39 is 33.4 Å². The van der Waals surface area contributed by atoms with Gasteiger partial charge in [-0.3, -0.25) is 14.4 Å². The number of esters is 1. The molecule has 40 heavy (non-hydrogen) atoms. The van der Waals surface area contributed by atoms with Crippen molar-refractivity contribution in [1.82, 2.24) is 4.90 Å². The summed E-state index contributed by atoms with van der Waals surface area (Å²) in [7, 11) is 0. The molecule has 7 atom stereocenters. The normalized spacial score (nSPS) is 34.5. The number of nitrogens with zero attached hydrogens (tertiary/aromatic N) is 2. The van der Waals surface area contributed by atoms with E-state index in [9.17, 15) is 19.5 Å². The van der Waals surface area contributed by atoms with Crippen molar-refractivity contribution in [3.63, 3.8) is 0 Å². The van der Waals surface area contributed by atoms with Crippen molar-refractivity contribution in [2.75, 3.05) is 24.7 Å². The molecule has 216 valence electrons. The molecular formula is C32H42N2O5S. The number of aryl methyl sites for hydroxylation is 2. The van der Waals surface area contributed by atoms with Crippen LogP contribution in [0.5, 0.6) is 0 Å². The summed E-state index contributed by atoms with van der Waals surface area (Å²) >= 11 is 1.55. The van der Waals surface area contributed by atoms with E-state index in [1.807, 2.05) is 65.0 Å². The fourth-order valence-corrected chi connectivity index (χ4v) is 9.27. The van der Waals surface area contributed by atoms with Crippen molar-refractivity contribution in [3.8, 4) is 0 Å². The van der Waals surface area contributed by atoms with Crippen LogP contribution in [0.15, 0.2) is 42.5 Å². The van der Waals surface area contributed by atoms with Gasteiger partial charge < -0.3 is 19.6 Å². The van der Waals surface area contributed by atoms with E-state index >= 15 is 0 Å². The zero-order chi connectivity index (χ0) is 28.8. The maximum atomic E-state index is 14.8. The highest BCUT2D eigenvalue weighted by molar-refractivity contribution is 8.02. The van der Waals surface area contributed by atoms with Gasteiger partial charge in [0.1, 0.15) is 6.04 Å². The number of ether oxygens (including phenoxy) is 1. The number of fused-ring (bicyclic) bond motifs is 2. The van der Waals surface area contributed by atoms with Gasteiger partial charge >= 0.3 is 5.97 Å². The summed E-state index contributed by atoms with van der Waals surface area (Å²) < 4.78 is 4.08. The average Bonchev–Trinajstić information content (AvgIpc) is 3.25. The van der Waals surface area contributed by atoms with Crippen LogP contribution >= 0.6 is 11.8 Å². The van der Waals surface area contributed by atoms with Crippen LogP contribution in [-0.4, -0.2) is 69.1 Å². The Morgan fingerprint density at radius 3 is 2.60 bits per heavy atom. The predicted octanol–water partition coefficient (Wildman–Crippen LogP) is 4.58. The number of allylic oxidation sites excluding steroid dienone is 1. The van der Waals surface area contributed by atoms with Crippen LogP contribution < -0.4 is 4.90 Å². The highest BCUT2D eigenvalue weighted by Crippen LogP contribution is 2.65. The third-order valence-corrected chi connectivity index (χ3v) is 11.2. The zero-order valence-corrected chi connectivity index (χ0v) is 25.1. The number of anilines is 1. The van der Waals surface area contributed by atoms with E-state index in [4.69, 9.17) is 4.74 Å². The van der Waals surface area contributed by atoms with Gasteiger partial charge in [-0.25, -0.2) is 0 Å². The van der Waals surface area contributed by atoms with Crippen LogP contribution in [0.2, 0.25) is 0 Å². The van der Waals surface area contributed by atoms with E-state index in [0.29, 0.717) is 13.2 Å². The minimum atomic E-state index is -0.974. The Morgan fingerprint density at radius 2 is 1.88 bits per heavy atom. The Labute approximate surface area is 242 Å². The number of thioether (sulfide) groups is 1. The molecule has 0 aromatic heterocycles. The predicted molar refractivity (Wildman–Crippen MR) is 158 cm³/mol. The van der Waals surface area contributed by atoms with Crippen molar-refractivity contribution in [2.45, 2.75) is 81.9 Å².